The second-order valence-electron chi connectivity index (χ2n) is 6.17. The third-order valence-corrected chi connectivity index (χ3v) is 4.22. The van der Waals surface area contributed by atoms with Gasteiger partial charge in [0.25, 0.3) is 0 Å². The minimum Gasteiger partial charge on any atom is -0.478 e. The van der Waals surface area contributed by atoms with Gasteiger partial charge in [-0.15, -0.1) is 0 Å². The van der Waals surface area contributed by atoms with Gasteiger partial charge >= 0.3 is 12.0 Å². The summed E-state index contributed by atoms with van der Waals surface area (Å²) in [6.45, 7) is 3.08. The van der Waals surface area contributed by atoms with E-state index in [0.717, 1.165) is 23.5 Å². The van der Waals surface area contributed by atoms with Crippen LogP contribution in [0.5, 0.6) is 0 Å². The van der Waals surface area contributed by atoms with Crippen molar-refractivity contribution in [3.05, 3.63) is 34.9 Å². The number of hydrogen-bond acceptors (Lipinski definition) is 2. The Labute approximate surface area is 123 Å². The number of carboxylic acids is 1. The standard InChI is InChI=1S/C16H20N2O3/c1-10(6-11-2-3-11)17-16(21)18-8-13-5-4-12(15(19)20)7-14(13)9-18/h4-5,7,10-11H,2-3,6,8-9H2,1H3,(H,17,21)(H,19,20). The molecule has 1 fully saturated rings. The molecule has 1 aromatic carbocycles. The highest BCUT2D eigenvalue weighted by Gasteiger charge is 2.27. The third kappa shape index (κ3) is 3.17. The van der Waals surface area contributed by atoms with Gasteiger partial charge in [-0.3, -0.25) is 0 Å². The van der Waals surface area contributed by atoms with Crippen LogP contribution in [0.4, 0.5) is 4.79 Å². The number of aromatic carboxylic acids is 1. The molecule has 112 valence electrons. The second kappa shape index (κ2) is 5.39. The first kappa shape index (κ1) is 13.9. The van der Waals surface area contributed by atoms with Crippen molar-refractivity contribution in [2.24, 2.45) is 5.92 Å². The van der Waals surface area contributed by atoms with Gasteiger partial charge in [0, 0.05) is 19.1 Å². The highest BCUT2D eigenvalue weighted by Crippen LogP contribution is 2.33. The summed E-state index contributed by atoms with van der Waals surface area (Å²) in [5.74, 6) is -0.145. The fraction of sp³-hybridized carbons (Fsp3) is 0.500. The number of urea groups is 1. The van der Waals surface area contributed by atoms with E-state index in [1.54, 1.807) is 23.1 Å². The zero-order valence-electron chi connectivity index (χ0n) is 12.1. The van der Waals surface area contributed by atoms with Crippen molar-refractivity contribution in [1.29, 1.82) is 0 Å². The van der Waals surface area contributed by atoms with E-state index in [4.69, 9.17) is 5.11 Å². The first-order valence-corrected chi connectivity index (χ1v) is 7.43. The molecule has 2 amide bonds. The number of amides is 2. The summed E-state index contributed by atoms with van der Waals surface area (Å²) >= 11 is 0. The molecule has 0 aromatic heterocycles. The van der Waals surface area contributed by atoms with Crippen LogP contribution in [-0.2, 0) is 13.1 Å². The van der Waals surface area contributed by atoms with Crippen LogP contribution >= 0.6 is 0 Å². The highest BCUT2D eigenvalue weighted by molar-refractivity contribution is 5.88. The van der Waals surface area contributed by atoms with Crippen molar-refractivity contribution < 1.29 is 14.7 Å². The summed E-state index contributed by atoms with van der Waals surface area (Å²) < 4.78 is 0. The Morgan fingerprint density at radius 2 is 2.05 bits per heavy atom. The van der Waals surface area contributed by atoms with E-state index in [1.807, 2.05) is 6.92 Å². The molecule has 5 nitrogen and oxygen atoms in total. The highest BCUT2D eigenvalue weighted by atomic mass is 16.4. The summed E-state index contributed by atoms with van der Waals surface area (Å²) in [7, 11) is 0. The van der Waals surface area contributed by atoms with Gasteiger partial charge < -0.3 is 15.3 Å². The third-order valence-electron chi connectivity index (χ3n) is 4.22. The van der Waals surface area contributed by atoms with Crippen LogP contribution in [0.2, 0.25) is 0 Å². The molecule has 1 heterocycles. The second-order valence-corrected chi connectivity index (χ2v) is 6.17. The van der Waals surface area contributed by atoms with Gasteiger partial charge in [0.15, 0.2) is 0 Å². The average molecular weight is 288 g/mol. The van der Waals surface area contributed by atoms with E-state index in [1.165, 1.54) is 12.8 Å². The maximum atomic E-state index is 12.2. The molecule has 1 aliphatic heterocycles. The molecule has 0 radical (unpaired) electrons. The molecule has 2 N–H and O–H groups in total. The van der Waals surface area contributed by atoms with Gasteiger partial charge in [0.05, 0.1) is 5.56 Å². The lowest BCUT2D eigenvalue weighted by Crippen LogP contribution is -2.41. The number of carboxylic acid groups (broad SMARTS) is 1. The summed E-state index contributed by atoms with van der Waals surface area (Å²) in [6.07, 6.45) is 3.62. The Morgan fingerprint density at radius 1 is 1.33 bits per heavy atom. The Bertz CT molecular complexity index is 581. The first-order valence-electron chi connectivity index (χ1n) is 7.43. The topological polar surface area (TPSA) is 69.6 Å². The van der Waals surface area contributed by atoms with Crippen molar-refractivity contribution in [2.45, 2.75) is 45.3 Å². The largest absolute Gasteiger partial charge is 0.478 e. The molecule has 0 spiro atoms. The molecule has 1 aromatic rings. The monoisotopic (exact) mass is 288 g/mol. The molecule has 1 saturated carbocycles. The smallest absolute Gasteiger partial charge is 0.335 e. The molecular weight excluding hydrogens is 268 g/mol. The quantitative estimate of drug-likeness (QED) is 0.894. The predicted molar refractivity (Wildman–Crippen MR) is 78.0 cm³/mol. The maximum Gasteiger partial charge on any atom is 0.335 e. The summed E-state index contributed by atoms with van der Waals surface area (Å²) in [5, 5.41) is 12.0. The number of hydrogen-bond donors (Lipinski definition) is 2. The summed E-state index contributed by atoms with van der Waals surface area (Å²) in [6, 6.07) is 5.20. The molecule has 0 saturated heterocycles. The van der Waals surface area contributed by atoms with Crippen LogP contribution in [-0.4, -0.2) is 28.0 Å². The lowest BCUT2D eigenvalue weighted by molar-refractivity contribution is 0.0696. The van der Waals surface area contributed by atoms with E-state index in [2.05, 4.69) is 5.32 Å². The number of fused-ring (bicyclic) bond motifs is 1. The van der Waals surface area contributed by atoms with Gasteiger partial charge in [-0.1, -0.05) is 18.9 Å². The van der Waals surface area contributed by atoms with Gasteiger partial charge in [0.2, 0.25) is 0 Å². The van der Waals surface area contributed by atoms with E-state index < -0.39 is 5.97 Å². The van der Waals surface area contributed by atoms with Crippen molar-refractivity contribution >= 4 is 12.0 Å². The molecule has 2 aliphatic rings. The van der Waals surface area contributed by atoms with Crippen LogP contribution in [0.1, 0.15) is 47.7 Å². The number of nitrogens with zero attached hydrogens (tertiary/aromatic N) is 1. The van der Waals surface area contributed by atoms with Crippen molar-refractivity contribution in [3.63, 3.8) is 0 Å². The average Bonchev–Trinajstić information content (AvgIpc) is 3.13. The van der Waals surface area contributed by atoms with Gasteiger partial charge in [-0.25, -0.2) is 9.59 Å². The molecule has 21 heavy (non-hydrogen) atoms. The van der Waals surface area contributed by atoms with E-state index in [-0.39, 0.29) is 17.6 Å². The van der Waals surface area contributed by atoms with E-state index in [0.29, 0.717) is 13.1 Å². The fourth-order valence-electron chi connectivity index (χ4n) is 2.89. The normalized spacial score (nSPS) is 18.2. The lowest BCUT2D eigenvalue weighted by Gasteiger charge is -2.20. The Hall–Kier alpha value is -2.04. The van der Waals surface area contributed by atoms with E-state index in [9.17, 15) is 9.59 Å². The predicted octanol–water partition coefficient (Wildman–Crippen LogP) is 2.60. The van der Waals surface area contributed by atoms with Crippen molar-refractivity contribution in [1.82, 2.24) is 10.2 Å². The fourth-order valence-corrected chi connectivity index (χ4v) is 2.89. The minimum atomic E-state index is -0.932. The molecule has 1 aliphatic carbocycles. The van der Waals surface area contributed by atoms with Crippen LogP contribution in [0.3, 0.4) is 0 Å². The number of carbonyl (C=O) groups is 2. The van der Waals surface area contributed by atoms with Crippen LogP contribution < -0.4 is 5.32 Å². The molecule has 5 heteroatoms. The van der Waals surface area contributed by atoms with E-state index >= 15 is 0 Å². The Morgan fingerprint density at radius 3 is 2.71 bits per heavy atom. The zero-order valence-corrected chi connectivity index (χ0v) is 12.1. The molecular formula is C16H20N2O3. The zero-order chi connectivity index (χ0) is 15.0. The first-order chi connectivity index (χ1) is 10.0. The Kier molecular flexibility index (Phi) is 3.57. The van der Waals surface area contributed by atoms with Crippen LogP contribution in [0.25, 0.3) is 0 Å². The molecule has 3 rings (SSSR count). The summed E-state index contributed by atoms with van der Waals surface area (Å²) in [5.41, 5.74) is 2.24. The maximum absolute atomic E-state index is 12.2. The van der Waals surface area contributed by atoms with Crippen molar-refractivity contribution in [3.8, 4) is 0 Å². The van der Waals surface area contributed by atoms with Gasteiger partial charge in [0.1, 0.15) is 0 Å². The summed E-state index contributed by atoms with van der Waals surface area (Å²) in [4.78, 5) is 25.0. The minimum absolute atomic E-state index is 0.0591. The molecule has 1 unspecified atom stereocenters. The van der Waals surface area contributed by atoms with Crippen LogP contribution in [0, 0.1) is 5.92 Å². The van der Waals surface area contributed by atoms with Crippen molar-refractivity contribution in [2.75, 3.05) is 0 Å². The number of nitrogens with one attached hydrogen (secondary N) is 1. The number of rotatable bonds is 4. The molecule has 0 bridgehead atoms. The van der Waals surface area contributed by atoms with Gasteiger partial charge in [-0.2, -0.15) is 0 Å². The van der Waals surface area contributed by atoms with Gasteiger partial charge in [-0.05, 0) is 42.5 Å². The number of benzene rings is 1. The number of carbonyl (C=O) groups excluding carboxylic acids is 1. The van der Waals surface area contributed by atoms with Crippen LogP contribution in [0.15, 0.2) is 18.2 Å². The SMILES string of the molecule is CC(CC1CC1)NC(=O)N1Cc2ccc(C(=O)O)cc2C1. The molecule has 1 atom stereocenters. The lowest BCUT2D eigenvalue weighted by atomic mass is 10.1. The Balaban J connectivity index is 1.60.